The molecule has 5 rings (SSSR count). The van der Waals surface area contributed by atoms with Crippen LogP contribution in [0, 0.1) is 5.92 Å². The second-order valence-corrected chi connectivity index (χ2v) is 10.1. The number of hydrogen-bond acceptors (Lipinski definition) is 9. The van der Waals surface area contributed by atoms with E-state index in [0.29, 0.717) is 18.5 Å². The summed E-state index contributed by atoms with van der Waals surface area (Å²) in [4.78, 5) is 53.9. The maximum absolute atomic E-state index is 11.8. The van der Waals surface area contributed by atoms with Gasteiger partial charge in [0.05, 0.1) is 18.3 Å². The van der Waals surface area contributed by atoms with Crippen molar-refractivity contribution in [2.24, 2.45) is 11.7 Å². The number of para-hydroxylation sites is 1. The van der Waals surface area contributed by atoms with Crippen LogP contribution >= 0.6 is 0 Å². The first-order valence-corrected chi connectivity index (χ1v) is 14.2. The lowest BCUT2D eigenvalue weighted by Crippen LogP contribution is -2.42. The molecule has 0 radical (unpaired) electrons. The number of carbonyl (C=O) groups is 4. The third kappa shape index (κ3) is 7.89. The Labute approximate surface area is 259 Å². The number of aromatic amines is 1. The van der Waals surface area contributed by atoms with E-state index in [0.717, 1.165) is 32.9 Å². The van der Waals surface area contributed by atoms with E-state index in [-0.39, 0.29) is 30.2 Å². The number of esters is 2. The number of amides is 1. The van der Waals surface area contributed by atoms with Crippen LogP contribution in [0.3, 0.4) is 0 Å². The number of aromatic nitrogens is 2. The number of nitrogens with two attached hydrogens (primary N) is 1. The van der Waals surface area contributed by atoms with Gasteiger partial charge in [-0.25, -0.2) is 4.79 Å². The van der Waals surface area contributed by atoms with Gasteiger partial charge in [0.25, 0.3) is 0 Å². The molecule has 0 saturated carbocycles. The first kappa shape index (κ1) is 32.4. The fraction of sp³-hybridized carbons (Fsp3) is 0.206. The summed E-state index contributed by atoms with van der Waals surface area (Å²) in [7, 11) is 1.28. The predicted octanol–water partition coefficient (Wildman–Crippen LogP) is 4.27. The van der Waals surface area contributed by atoms with Crippen molar-refractivity contribution >= 4 is 45.9 Å². The minimum absolute atomic E-state index is 0.0834. The molecule has 2 unspecified atom stereocenters. The molecule has 0 fully saturated rings. The molecule has 5 aromatic rings. The van der Waals surface area contributed by atoms with Gasteiger partial charge in [-0.1, -0.05) is 48.5 Å². The molecule has 0 bridgehead atoms. The largest absolute Gasteiger partial charge is 0.507 e. The van der Waals surface area contributed by atoms with Crippen molar-refractivity contribution in [3.8, 4) is 17.0 Å². The Bertz CT molecular complexity index is 1800. The highest BCUT2D eigenvalue weighted by molar-refractivity contribution is 6.11. The Morgan fingerprint density at radius 3 is 2.47 bits per heavy atom. The van der Waals surface area contributed by atoms with E-state index in [4.69, 9.17) is 15.2 Å². The van der Waals surface area contributed by atoms with Crippen LogP contribution < -0.4 is 11.1 Å². The van der Waals surface area contributed by atoms with Crippen molar-refractivity contribution in [3.05, 3.63) is 96.2 Å². The molecule has 232 valence electrons. The molecule has 2 aromatic heterocycles. The lowest BCUT2D eigenvalue weighted by Gasteiger charge is -2.17. The van der Waals surface area contributed by atoms with Crippen molar-refractivity contribution in [1.82, 2.24) is 15.3 Å². The van der Waals surface area contributed by atoms with Crippen LogP contribution in [0.25, 0.3) is 33.1 Å². The number of methoxy groups -OCH3 is 1. The molecular formula is C34H34N4O7. The number of phenols is 1. The lowest BCUT2D eigenvalue weighted by molar-refractivity contribution is -0.149. The number of aldehydes is 1. The second kappa shape index (κ2) is 15.3. The molecule has 2 atom stereocenters. The topological polar surface area (TPSA) is 174 Å². The molecule has 0 saturated heterocycles. The maximum atomic E-state index is 11.8. The van der Waals surface area contributed by atoms with Gasteiger partial charge in [0.1, 0.15) is 30.2 Å². The quantitative estimate of drug-likeness (QED) is 0.133. The summed E-state index contributed by atoms with van der Waals surface area (Å²) in [6, 6.07) is 22.8. The van der Waals surface area contributed by atoms with Crippen molar-refractivity contribution in [2.75, 3.05) is 13.7 Å². The van der Waals surface area contributed by atoms with Crippen LogP contribution in [0.15, 0.2) is 85.1 Å². The first-order chi connectivity index (χ1) is 21.8. The Hall–Kier alpha value is -5.55. The number of hydrogen-bond donors (Lipinski definition) is 4. The Kier molecular flexibility index (Phi) is 11.0. The number of aromatic hydroxyl groups is 1. The number of carbonyl (C=O) groups excluding carboxylic acids is 4. The Morgan fingerprint density at radius 1 is 1.02 bits per heavy atom. The minimum atomic E-state index is -1.14. The molecule has 5 N–H and O–H groups in total. The summed E-state index contributed by atoms with van der Waals surface area (Å²) in [6.07, 6.45) is 2.13. The van der Waals surface area contributed by atoms with Crippen LogP contribution in [-0.2, 0) is 30.5 Å². The molecule has 0 aliphatic rings. The highest BCUT2D eigenvalue weighted by Crippen LogP contribution is 2.33. The summed E-state index contributed by atoms with van der Waals surface area (Å²) < 4.78 is 9.78. The molecule has 11 heteroatoms. The zero-order chi connectivity index (χ0) is 32.3. The van der Waals surface area contributed by atoms with Crippen molar-refractivity contribution in [1.29, 1.82) is 0 Å². The predicted molar refractivity (Wildman–Crippen MR) is 169 cm³/mol. The number of rotatable bonds is 10. The maximum Gasteiger partial charge on any atom is 0.341 e. The van der Waals surface area contributed by atoms with Crippen LogP contribution in [-0.4, -0.2) is 58.9 Å². The third-order valence-electron chi connectivity index (χ3n) is 7.03. The second-order valence-electron chi connectivity index (χ2n) is 10.1. The molecule has 0 aliphatic carbocycles. The third-order valence-corrected chi connectivity index (χ3v) is 7.03. The number of ether oxygens (including phenoxy) is 2. The summed E-state index contributed by atoms with van der Waals surface area (Å²) in [5, 5.41) is 14.6. The van der Waals surface area contributed by atoms with Gasteiger partial charge in [-0.05, 0) is 42.8 Å². The molecule has 45 heavy (non-hydrogen) atoms. The zero-order valence-electron chi connectivity index (χ0n) is 24.9. The van der Waals surface area contributed by atoms with Gasteiger partial charge in [0.2, 0.25) is 5.91 Å². The number of benzene rings is 3. The molecule has 0 aliphatic heterocycles. The highest BCUT2D eigenvalue weighted by atomic mass is 16.5. The van der Waals surface area contributed by atoms with E-state index in [2.05, 4.69) is 21.4 Å². The molecule has 11 nitrogen and oxygen atoms in total. The fourth-order valence-corrected chi connectivity index (χ4v) is 4.69. The van der Waals surface area contributed by atoms with Crippen molar-refractivity contribution in [3.63, 3.8) is 0 Å². The van der Waals surface area contributed by atoms with Gasteiger partial charge in [-0.2, -0.15) is 0 Å². The van der Waals surface area contributed by atoms with Gasteiger partial charge in [-0.15, -0.1) is 0 Å². The minimum Gasteiger partial charge on any atom is -0.507 e. The standard InChI is InChI=1S/C19H14N2O3.C15H20N2O4/c1-24-19(23)14-10-11(6-7-16(14)22)17-18-13(8-9-20-17)12-4-2-3-5-15(12)21-18;1-2-17-13(19)8-12(9-18)14(16)15(20)21-10-11-6-4-3-5-7-11/h2-10,21-22H,1H3;3-7,9,12,14H,2,8,10,16H2,1H3,(H,17,19). The van der Waals surface area contributed by atoms with E-state index in [1.54, 1.807) is 25.3 Å². The number of fused-ring (bicyclic) bond motifs is 3. The number of H-pyrrole nitrogens is 1. The summed E-state index contributed by atoms with van der Waals surface area (Å²) >= 11 is 0. The zero-order valence-corrected chi connectivity index (χ0v) is 24.9. The van der Waals surface area contributed by atoms with Crippen LogP contribution in [0.4, 0.5) is 0 Å². The van der Waals surface area contributed by atoms with Crippen LogP contribution in [0.1, 0.15) is 29.3 Å². The normalized spacial score (nSPS) is 12.0. The van der Waals surface area contributed by atoms with E-state index < -0.39 is 23.9 Å². The highest BCUT2D eigenvalue weighted by Gasteiger charge is 2.27. The molecule has 3 aromatic carbocycles. The van der Waals surface area contributed by atoms with Crippen molar-refractivity contribution < 1.29 is 33.8 Å². The van der Waals surface area contributed by atoms with Gasteiger partial charge in [0.15, 0.2) is 0 Å². The number of pyridine rings is 1. The monoisotopic (exact) mass is 610 g/mol. The SMILES string of the molecule is CCNC(=O)CC(C=O)C(N)C(=O)OCc1ccccc1.COC(=O)c1cc(-c2nccc3c2[nH]c2ccccc23)ccc1O. The van der Waals surface area contributed by atoms with Gasteiger partial charge >= 0.3 is 11.9 Å². The molecular weight excluding hydrogens is 576 g/mol. The number of phenolic OH excluding ortho intramolecular Hbond substituents is 1. The van der Waals surface area contributed by atoms with Crippen LogP contribution in [0.5, 0.6) is 5.75 Å². The first-order valence-electron chi connectivity index (χ1n) is 14.2. The van der Waals surface area contributed by atoms with E-state index >= 15 is 0 Å². The van der Waals surface area contributed by atoms with E-state index in [9.17, 15) is 24.3 Å². The van der Waals surface area contributed by atoms with Gasteiger partial charge in [-0.3, -0.25) is 14.6 Å². The van der Waals surface area contributed by atoms with E-state index in [1.807, 2.05) is 54.6 Å². The average Bonchev–Trinajstić information content (AvgIpc) is 3.45. The van der Waals surface area contributed by atoms with Crippen molar-refractivity contribution in [2.45, 2.75) is 26.0 Å². The Morgan fingerprint density at radius 2 is 1.76 bits per heavy atom. The molecule has 0 spiro atoms. The molecule has 2 heterocycles. The van der Waals surface area contributed by atoms with Crippen LogP contribution in [0.2, 0.25) is 0 Å². The number of nitrogens with one attached hydrogen (secondary N) is 2. The fourth-order valence-electron chi connectivity index (χ4n) is 4.69. The summed E-state index contributed by atoms with van der Waals surface area (Å²) in [5.41, 5.74) is 9.99. The van der Waals surface area contributed by atoms with Gasteiger partial charge in [0, 0.05) is 46.9 Å². The lowest BCUT2D eigenvalue weighted by atomic mass is 9.98. The van der Waals surface area contributed by atoms with E-state index in [1.165, 1.54) is 13.2 Å². The average molecular weight is 611 g/mol. The summed E-state index contributed by atoms with van der Waals surface area (Å²) in [6.45, 7) is 2.31. The summed E-state index contributed by atoms with van der Waals surface area (Å²) in [5.74, 6) is -2.60. The number of nitrogens with zero attached hydrogens (tertiary/aromatic N) is 1. The van der Waals surface area contributed by atoms with Gasteiger partial charge < -0.3 is 35.4 Å². The smallest absolute Gasteiger partial charge is 0.341 e. The molecule has 1 amide bonds. The Balaban J connectivity index is 0.000000207.